The van der Waals surface area contributed by atoms with Gasteiger partial charge in [0.25, 0.3) is 0 Å². The number of ether oxygens (including phenoxy) is 1. The predicted octanol–water partition coefficient (Wildman–Crippen LogP) is 4.46. The molecule has 1 saturated carbocycles. The number of benzene rings is 1. The number of hydrogen-bond donors (Lipinski definition) is 0. The number of nitriles is 1. The van der Waals surface area contributed by atoms with E-state index in [-0.39, 0.29) is 5.56 Å². The van der Waals surface area contributed by atoms with Gasteiger partial charge in [0.05, 0.1) is 29.6 Å². The molecular formula is C21H22ClFN4O. The van der Waals surface area contributed by atoms with E-state index in [1.807, 2.05) is 6.07 Å². The first kappa shape index (κ1) is 18.9. The summed E-state index contributed by atoms with van der Waals surface area (Å²) in [7, 11) is 0. The highest BCUT2D eigenvalue weighted by Crippen LogP contribution is 2.49. The fourth-order valence-corrected chi connectivity index (χ4v) is 4.28. The molecule has 2 aromatic rings. The van der Waals surface area contributed by atoms with Gasteiger partial charge in [0.2, 0.25) is 5.95 Å². The second-order valence-electron chi connectivity index (χ2n) is 7.58. The van der Waals surface area contributed by atoms with Gasteiger partial charge >= 0.3 is 0 Å². The van der Waals surface area contributed by atoms with Gasteiger partial charge in [-0.25, -0.2) is 14.4 Å². The Kier molecular flexibility index (Phi) is 5.63. The van der Waals surface area contributed by atoms with Crippen molar-refractivity contribution in [2.24, 2.45) is 17.8 Å². The highest BCUT2D eigenvalue weighted by atomic mass is 35.5. The van der Waals surface area contributed by atoms with Gasteiger partial charge in [-0.05, 0) is 55.6 Å². The summed E-state index contributed by atoms with van der Waals surface area (Å²) >= 11 is 5.86. The second kappa shape index (κ2) is 8.32. The molecule has 2 aliphatic rings. The summed E-state index contributed by atoms with van der Waals surface area (Å²) in [4.78, 5) is 10.9. The molecule has 7 heteroatoms. The molecule has 2 heterocycles. The minimum Gasteiger partial charge on any atom is -0.493 e. The number of aromatic nitrogens is 2. The van der Waals surface area contributed by atoms with Gasteiger partial charge in [-0.15, -0.1) is 0 Å². The summed E-state index contributed by atoms with van der Waals surface area (Å²) in [5.41, 5.74) is 0.0462. The van der Waals surface area contributed by atoms with Crippen LogP contribution in [-0.2, 0) is 0 Å². The third-order valence-electron chi connectivity index (χ3n) is 5.83. The fourth-order valence-electron chi connectivity index (χ4n) is 4.18. The minimum absolute atomic E-state index is 0.0462. The zero-order valence-corrected chi connectivity index (χ0v) is 16.3. The topological polar surface area (TPSA) is 62.0 Å². The first-order chi connectivity index (χ1) is 13.6. The molecule has 1 aromatic carbocycles. The third kappa shape index (κ3) is 4.36. The Morgan fingerprint density at radius 2 is 2.00 bits per heavy atom. The summed E-state index contributed by atoms with van der Waals surface area (Å²) in [6.07, 6.45) is 7.86. The summed E-state index contributed by atoms with van der Waals surface area (Å²) in [5, 5.41) is 9.33. The Balaban J connectivity index is 1.19. The van der Waals surface area contributed by atoms with Crippen molar-refractivity contribution in [3.8, 4) is 11.8 Å². The Hall–Kier alpha value is -2.39. The molecule has 0 spiro atoms. The number of hydrogen-bond acceptors (Lipinski definition) is 5. The van der Waals surface area contributed by atoms with Crippen molar-refractivity contribution >= 4 is 17.5 Å². The van der Waals surface area contributed by atoms with Crippen LogP contribution < -0.4 is 9.64 Å². The van der Waals surface area contributed by atoms with Crippen molar-refractivity contribution in [1.82, 2.24) is 9.97 Å². The van der Waals surface area contributed by atoms with Crippen molar-refractivity contribution in [3.05, 3.63) is 47.0 Å². The Labute approximate surface area is 169 Å². The van der Waals surface area contributed by atoms with Crippen LogP contribution in [0.3, 0.4) is 0 Å². The smallest absolute Gasteiger partial charge is 0.225 e. The van der Waals surface area contributed by atoms with E-state index < -0.39 is 5.82 Å². The number of nitrogens with zero attached hydrogens (tertiary/aromatic N) is 4. The SMILES string of the molecule is N#Cc1ccc(OCCC2CC2C2CCN(c3ncc(Cl)cn3)CC2)cc1F. The van der Waals surface area contributed by atoms with E-state index >= 15 is 0 Å². The Morgan fingerprint density at radius 3 is 2.68 bits per heavy atom. The summed E-state index contributed by atoms with van der Waals surface area (Å²) in [6, 6.07) is 6.22. The number of rotatable bonds is 6. The van der Waals surface area contributed by atoms with Crippen LogP contribution in [0.4, 0.5) is 10.3 Å². The van der Waals surface area contributed by atoms with E-state index in [1.165, 1.54) is 18.6 Å². The van der Waals surface area contributed by atoms with Crippen molar-refractivity contribution in [2.45, 2.75) is 25.7 Å². The molecule has 1 aliphatic heterocycles. The number of halogens is 2. The Bertz CT molecular complexity index is 862. The maximum atomic E-state index is 13.6. The second-order valence-corrected chi connectivity index (χ2v) is 8.01. The van der Waals surface area contributed by atoms with Gasteiger partial charge < -0.3 is 9.64 Å². The third-order valence-corrected chi connectivity index (χ3v) is 6.03. The molecule has 0 bridgehead atoms. The predicted molar refractivity (Wildman–Crippen MR) is 105 cm³/mol. The van der Waals surface area contributed by atoms with Crippen LogP contribution in [0.2, 0.25) is 5.02 Å². The summed E-state index contributed by atoms with van der Waals surface area (Å²) < 4.78 is 19.3. The number of anilines is 1. The highest BCUT2D eigenvalue weighted by molar-refractivity contribution is 6.30. The first-order valence-electron chi connectivity index (χ1n) is 9.69. The van der Waals surface area contributed by atoms with Gasteiger partial charge in [0, 0.05) is 19.2 Å². The minimum atomic E-state index is -0.527. The molecule has 2 atom stereocenters. The molecular weight excluding hydrogens is 379 g/mol. The van der Waals surface area contributed by atoms with Gasteiger partial charge in [0.15, 0.2) is 0 Å². The molecule has 28 heavy (non-hydrogen) atoms. The van der Waals surface area contributed by atoms with E-state index in [4.69, 9.17) is 21.6 Å². The zero-order chi connectivity index (χ0) is 19.5. The molecule has 0 N–H and O–H groups in total. The van der Waals surface area contributed by atoms with E-state index in [9.17, 15) is 4.39 Å². The van der Waals surface area contributed by atoms with Gasteiger partial charge in [-0.3, -0.25) is 0 Å². The van der Waals surface area contributed by atoms with E-state index in [1.54, 1.807) is 18.5 Å². The first-order valence-corrected chi connectivity index (χ1v) is 10.1. The molecule has 1 saturated heterocycles. The van der Waals surface area contributed by atoms with Crippen LogP contribution in [-0.4, -0.2) is 29.7 Å². The molecule has 1 aromatic heterocycles. The lowest BCUT2D eigenvalue weighted by molar-refractivity contribution is 0.283. The largest absolute Gasteiger partial charge is 0.493 e. The summed E-state index contributed by atoms with van der Waals surface area (Å²) in [6.45, 7) is 2.55. The molecule has 0 amide bonds. The highest BCUT2D eigenvalue weighted by Gasteiger charge is 2.43. The lowest BCUT2D eigenvalue weighted by atomic mass is 9.90. The van der Waals surface area contributed by atoms with E-state index in [0.717, 1.165) is 50.1 Å². The molecule has 0 radical (unpaired) electrons. The lowest BCUT2D eigenvalue weighted by Gasteiger charge is -2.32. The molecule has 1 aliphatic carbocycles. The van der Waals surface area contributed by atoms with E-state index in [0.29, 0.717) is 23.3 Å². The standard InChI is InChI=1S/C21H22ClFN4O/c22-17-12-25-21(26-13-17)27-6-3-14(4-7-27)19-9-15(19)5-8-28-18-2-1-16(11-24)20(23)10-18/h1-2,10,12-15,19H,3-9H2. The fraction of sp³-hybridized carbons (Fsp3) is 0.476. The van der Waals surface area contributed by atoms with Crippen molar-refractivity contribution < 1.29 is 9.13 Å². The van der Waals surface area contributed by atoms with Crippen molar-refractivity contribution in [3.63, 3.8) is 0 Å². The number of piperidine rings is 1. The molecule has 2 fully saturated rings. The van der Waals surface area contributed by atoms with Crippen molar-refractivity contribution in [2.75, 3.05) is 24.6 Å². The molecule has 5 nitrogen and oxygen atoms in total. The average molecular weight is 401 g/mol. The quantitative estimate of drug-likeness (QED) is 0.716. The van der Waals surface area contributed by atoms with Gasteiger partial charge in [-0.1, -0.05) is 11.6 Å². The molecule has 2 unspecified atom stereocenters. The normalized spacial score (nSPS) is 22.0. The maximum absolute atomic E-state index is 13.6. The van der Waals surface area contributed by atoms with Crippen LogP contribution in [0.5, 0.6) is 5.75 Å². The van der Waals surface area contributed by atoms with Crippen LogP contribution in [0.25, 0.3) is 0 Å². The van der Waals surface area contributed by atoms with Crippen LogP contribution in [0, 0.1) is 34.9 Å². The van der Waals surface area contributed by atoms with Crippen molar-refractivity contribution in [1.29, 1.82) is 5.26 Å². The van der Waals surface area contributed by atoms with Crippen LogP contribution in [0.15, 0.2) is 30.6 Å². The van der Waals surface area contributed by atoms with Gasteiger partial charge in [0.1, 0.15) is 17.6 Å². The van der Waals surface area contributed by atoms with Crippen LogP contribution >= 0.6 is 11.6 Å². The zero-order valence-electron chi connectivity index (χ0n) is 15.5. The molecule has 146 valence electrons. The van der Waals surface area contributed by atoms with E-state index in [2.05, 4.69) is 14.9 Å². The average Bonchev–Trinajstić information content (AvgIpc) is 3.48. The summed E-state index contributed by atoms with van der Waals surface area (Å²) in [5.74, 6) is 2.95. The molecule has 4 rings (SSSR count). The Morgan fingerprint density at radius 1 is 1.25 bits per heavy atom. The van der Waals surface area contributed by atoms with Crippen LogP contribution in [0.1, 0.15) is 31.2 Å². The maximum Gasteiger partial charge on any atom is 0.225 e. The lowest BCUT2D eigenvalue weighted by Crippen LogP contribution is -2.35. The van der Waals surface area contributed by atoms with Gasteiger partial charge in [-0.2, -0.15) is 5.26 Å². The monoisotopic (exact) mass is 400 g/mol.